The number of Topliss-reactive ketones (excluding diaryl/α,β-unsaturated/α-hetero) is 1. The monoisotopic (exact) mass is 296 g/mol. The second-order valence-corrected chi connectivity index (χ2v) is 7.57. The number of halogens is 1. The predicted molar refractivity (Wildman–Crippen MR) is 60.8 cm³/mol. The van der Waals surface area contributed by atoms with Crippen molar-refractivity contribution in [1.29, 1.82) is 0 Å². The summed E-state index contributed by atoms with van der Waals surface area (Å²) >= 11 is 4.55. The predicted octanol–water partition coefficient (Wildman–Crippen LogP) is 2.05. The van der Waals surface area contributed by atoms with Crippen molar-refractivity contribution in [2.45, 2.75) is 6.92 Å². The van der Waals surface area contributed by atoms with Crippen LogP contribution in [0.2, 0.25) is 0 Å². The summed E-state index contributed by atoms with van der Waals surface area (Å²) in [6.45, 7) is 1.86. The Morgan fingerprint density at radius 1 is 1.57 bits per heavy atom. The van der Waals surface area contributed by atoms with E-state index in [1.54, 1.807) is 6.07 Å². The fourth-order valence-corrected chi connectivity index (χ4v) is 3.10. The lowest BCUT2D eigenvalue weighted by Gasteiger charge is -1.94. The first-order valence-electron chi connectivity index (χ1n) is 3.76. The van der Waals surface area contributed by atoms with Crippen molar-refractivity contribution < 1.29 is 13.2 Å². The standard InChI is InChI=1S/C8H9BrO3S2/c1-5-3-7(13-8(5)9)6(10)4-14(2,11)12/h3H,4H2,1-2H3. The molecule has 0 radical (unpaired) electrons. The van der Waals surface area contributed by atoms with Crippen LogP contribution < -0.4 is 0 Å². The highest BCUT2D eigenvalue weighted by atomic mass is 79.9. The van der Waals surface area contributed by atoms with Gasteiger partial charge >= 0.3 is 0 Å². The molecule has 0 amide bonds. The van der Waals surface area contributed by atoms with E-state index in [2.05, 4.69) is 15.9 Å². The molecule has 0 atom stereocenters. The summed E-state index contributed by atoms with van der Waals surface area (Å²) in [7, 11) is -3.23. The SMILES string of the molecule is Cc1cc(C(=O)CS(C)(=O)=O)sc1Br. The van der Waals surface area contributed by atoms with Gasteiger partial charge in [0, 0.05) is 6.26 Å². The molecule has 14 heavy (non-hydrogen) atoms. The van der Waals surface area contributed by atoms with Gasteiger partial charge in [-0.05, 0) is 34.5 Å². The van der Waals surface area contributed by atoms with Gasteiger partial charge in [0.25, 0.3) is 0 Å². The zero-order valence-electron chi connectivity index (χ0n) is 7.70. The summed E-state index contributed by atoms with van der Waals surface area (Å²) in [5.41, 5.74) is 0.951. The van der Waals surface area contributed by atoms with Crippen LogP contribution in [0, 0.1) is 6.92 Å². The minimum atomic E-state index is -3.23. The maximum absolute atomic E-state index is 11.4. The lowest BCUT2D eigenvalue weighted by atomic mass is 10.3. The number of thiophene rings is 1. The molecule has 0 bridgehead atoms. The summed E-state index contributed by atoms with van der Waals surface area (Å²) in [5.74, 6) is -0.759. The number of carbonyl (C=O) groups is 1. The molecule has 78 valence electrons. The number of ketones is 1. The van der Waals surface area contributed by atoms with Crippen molar-refractivity contribution in [3.8, 4) is 0 Å². The van der Waals surface area contributed by atoms with E-state index >= 15 is 0 Å². The first-order chi connectivity index (χ1) is 6.29. The normalized spacial score (nSPS) is 11.6. The number of hydrogen-bond acceptors (Lipinski definition) is 4. The fraction of sp³-hybridized carbons (Fsp3) is 0.375. The summed E-state index contributed by atoms with van der Waals surface area (Å²) in [6, 6.07) is 1.70. The second kappa shape index (κ2) is 4.12. The van der Waals surface area contributed by atoms with Gasteiger partial charge in [0.05, 0.1) is 8.66 Å². The van der Waals surface area contributed by atoms with Crippen molar-refractivity contribution in [3.05, 3.63) is 20.3 Å². The fourth-order valence-electron chi connectivity index (χ4n) is 0.907. The largest absolute Gasteiger partial charge is 0.292 e. The molecule has 0 N–H and O–H groups in total. The Kier molecular flexibility index (Phi) is 3.49. The third-order valence-corrected chi connectivity index (χ3v) is 4.49. The van der Waals surface area contributed by atoms with Crippen LogP contribution in [0.1, 0.15) is 15.2 Å². The molecule has 0 saturated carbocycles. The molecule has 0 saturated heterocycles. The summed E-state index contributed by atoms with van der Waals surface area (Å²) < 4.78 is 22.6. The third-order valence-electron chi connectivity index (χ3n) is 1.53. The Balaban J connectivity index is 2.91. The molecule has 0 aliphatic rings. The van der Waals surface area contributed by atoms with Crippen molar-refractivity contribution in [3.63, 3.8) is 0 Å². The highest BCUT2D eigenvalue weighted by Crippen LogP contribution is 2.27. The molecule has 3 nitrogen and oxygen atoms in total. The number of sulfone groups is 1. The second-order valence-electron chi connectivity index (χ2n) is 3.06. The van der Waals surface area contributed by atoms with Gasteiger partial charge in [0.2, 0.25) is 0 Å². The number of rotatable bonds is 3. The van der Waals surface area contributed by atoms with E-state index in [0.717, 1.165) is 15.6 Å². The van der Waals surface area contributed by atoms with Gasteiger partial charge in [-0.1, -0.05) is 0 Å². The van der Waals surface area contributed by atoms with Crippen molar-refractivity contribution >= 4 is 42.9 Å². The van der Waals surface area contributed by atoms with Gasteiger partial charge in [0.15, 0.2) is 15.6 Å². The molecule has 0 unspecified atom stereocenters. The van der Waals surface area contributed by atoms with Gasteiger partial charge in [-0.25, -0.2) is 8.42 Å². The highest BCUT2D eigenvalue weighted by molar-refractivity contribution is 9.11. The molecule has 0 fully saturated rings. The van der Waals surface area contributed by atoms with E-state index in [4.69, 9.17) is 0 Å². The molecule has 0 spiro atoms. The van der Waals surface area contributed by atoms with Gasteiger partial charge in [-0.2, -0.15) is 0 Å². The van der Waals surface area contributed by atoms with Crippen LogP contribution in [0.5, 0.6) is 0 Å². The first-order valence-corrected chi connectivity index (χ1v) is 7.43. The van der Waals surface area contributed by atoms with Crippen molar-refractivity contribution in [2.75, 3.05) is 12.0 Å². The Morgan fingerprint density at radius 3 is 2.50 bits per heavy atom. The van der Waals surface area contributed by atoms with Crippen molar-refractivity contribution in [1.82, 2.24) is 0 Å². The molecule has 6 heteroatoms. The smallest absolute Gasteiger partial charge is 0.187 e. The zero-order chi connectivity index (χ0) is 10.9. The van der Waals surface area contributed by atoms with Gasteiger partial charge in [-0.3, -0.25) is 4.79 Å². The van der Waals surface area contributed by atoms with E-state index in [9.17, 15) is 13.2 Å². The Hall–Kier alpha value is -0.200. The molecule has 1 aromatic rings. The van der Waals surface area contributed by atoms with Crippen LogP contribution in [-0.4, -0.2) is 26.2 Å². The molecule has 1 heterocycles. The summed E-state index contributed by atoms with van der Waals surface area (Å²) in [5, 5.41) is 0. The number of hydrogen-bond donors (Lipinski definition) is 0. The zero-order valence-corrected chi connectivity index (χ0v) is 10.9. The highest BCUT2D eigenvalue weighted by Gasteiger charge is 2.16. The Bertz CT molecular complexity index is 439. The molecular weight excluding hydrogens is 288 g/mol. The van der Waals surface area contributed by atoms with E-state index in [0.29, 0.717) is 4.88 Å². The van der Waals surface area contributed by atoms with Crippen LogP contribution in [0.4, 0.5) is 0 Å². The average molecular weight is 297 g/mol. The van der Waals surface area contributed by atoms with E-state index in [-0.39, 0.29) is 5.78 Å². The number of aryl methyl sites for hydroxylation is 1. The van der Waals surface area contributed by atoms with Gasteiger partial charge in [0.1, 0.15) is 5.75 Å². The molecule has 1 rings (SSSR count). The maximum atomic E-state index is 11.4. The average Bonchev–Trinajstić information content (AvgIpc) is 2.28. The molecular formula is C8H9BrO3S2. The quantitative estimate of drug-likeness (QED) is 0.802. The van der Waals surface area contributed by atoms with Crippen LogP contribution in [-0.2, 0) is 9.84 Å². The first kappa shape index (κ1) is 11.9. The van der Waals surface area contributed by atoms with Crippen LogP contribution in [0.3, 0.4) is 0 Å². The van der Waals surface area contributed by atoms with E-state index < -0.39 is 15.6 Å². The Labute approximate surface area is 95.2 Å². The maximum Gasteiger partial charge on any atom is 0.187 e. The molecule has 1 aromatic heterocycles. The third kappa shape index (κ3) is 3.18. The molecule has 0 aliphatic heterocycles. The van der Waals surface area contributed by atoms with Crippen molar-refractivity contribution in [2.24, 2.45) is 0 Å². The van der Waals surface area contributed by atoms with Gasteiger partial charge < -0.3 is 0 Å². The van der Waals surface area contributed by atoms with Crippen LogP contribution >= 0.6 is 27.3 Å². The lowest BCUT2D eigenvalue weighted by Crippen LogP contribution is -2.13. The minimum Gasteiger partial charge on any atom is -0.292 e. The Morgan fingerprint density at radius 2 is 2.14 bits per heavy atom. The van der Waals surface area contributed by atoms with Gasteiger partial charge in [-0.15, -0.1) is 11.3 Å². The van der Waals surface area contributed by atoms with E-state index in [1.807, 2.05) is 6.92 Å². The van der Waals surface area contributed by atoms with E-state index in [1.165, 1.54) is 11.3 Å². The number of carbonyl (C=O) groups excluding carboxylic acids is 1. The molecule has 0 aliphatic carbocycles. The lowest BCUT2D eigenvalue weighted by molar-refractivity contribution is 0.102. The summed E-state index contributed by atoms with van der Waals surface area (Å²) in [6.07, 6.45) is 1.06. The molecule has 0 aromatic carbocycles. The summed E-state index contributed by atoms with van der Waals surface area (Å²) in [4.78, 5) is 11.9. The minimum absolute atomic E-state index is 0.341. The van der Waals surface area contributed by atoms with Crippen LogP contribution in [0.25, 0.3) is 0 Å². The van der Waals surface area contributed by atoms with Crippen LogP contribution in [0.15, 0.2) is 9.85 Å². The topological polar surface area (TPSA) is 51.2 Å².